The van der Waals surface area contributed by atoms with Crippen molar-refractivity contribution in [3.05, 3.63) is 58.4 Å². The quantitative estimate of drug-likeness (QED) is 0.854. The lowest BCUT2D eigenvalue weighted by atomic mass is 10.2. The topological polar surface area (TPSA) is 21.3 Å². The van der Waals surface area contributed by atoms with E-state index in [1.165, 1.54) is 25.0 Å². The average molecular weight is 306 g/mol. The molecule has 0 heterocycles. The second kappa shape index (κ2) is 6.04. The predicted octanol–water partition coefficient (Wildman–Crippen LogP) is 4.83. The highest BCUT2D eigenvalue weighted by molar-refractivity contribution is 6.31. The molecule has 0 spiro atoms. The standard InChI is InChI=1S/C17H17ClFNO/c1-11-8-15(5-6-16(11)18)21-17-7-2-13(19)9-12(17)10-20-14-3-4-14/h2,5-9,14,20H,3-4,10H2,1H3. The summed E-state index contributed by atoms with van der Waals surface area (Å²) in [5.74, 6) is 1.13. The van der Waals surface area contributed by atoms with Crippen LogP contribution in [0.3, 0.4) is 0 Å². The molecule has 1 aliphatic carbocycles. The average Bonchev–Trinajstić information content (AvgIpc) is 3.27. The molecule has 1 saturated carbocycles. The number of hydrogen-bond donors (Lipinski definition) is 1. The number of ether oxygens (including phenoxy) is 1. The van der Waals surface area contributed by atoms with Crippen LogP contribution in [-0.2, 0) is 6.54 Å². The van der Waals surface area contributed by atoms with Gasteiger partial charge in [-0.1, -0.05) is 11.6 Å². The summed E-state index contributed by atoms with van der Waals surface area (Å²) in [6.07, 6.45) is 2.39. The smallest absolute Gasteiger partial charge is 0.132 e. The molecule has 21 heavy (non-hydrogen) atoms. The van der Waals surface area contributed by atoms with Gasteiger partial charge in [0.25, 0.3) is 0 Å². The molecule has 3 rings (SSSR count). The molecule has 0 amide bonds. The third kappa shape index (κ3) is 3.74. The van der Waals surface area contributed by atoms with Crippen molar-refractivity contribution in [1.29, 1.82) is 0 Å². The maximum absolute atomic E-state index is 13.4. The molecule has 0 saturated heterocycles. The number of halogens is 2. The Morgan fingerprint density at radius 2 is 2.05 bits per heavy atom. The molecular formula is C17H17ClFNO. The van der Waals surface area contributed by atoms with Gasteiger partial charge in [-0.2, -0.15) is 0 Å². The molecular weight excluding hydrogens is 289 g/mol. The monoisotopic (exact) mass is 305 g/mol. The summed E-state index contributed by atoms with van der Waals surface area (Å²) in [5, 5.41) is 4.08. The highest BCUT2D eigenvalue weighted by Crippen LogP contribution is 2.29. The lowest BCUT2D eigenvalue weighted by Crippen LogP contribution is -2.15. The second-order valence-corrected chi connectivity index (χ2v) is 5.83. The molecule has 2 aromatic rings. The van der Waals surface area contributed by atoms with E-state index in [1.807, 2.05) is 19.1 Å². The van der Waals surface area contributed by atoms with Crippen molar-refractivity contribution in [2.24, 2.45) is 0 Å². The zero-order chi connectivity index (χ0) is 14.8. The maximum Gasteiger partial charge on any atom is 0.132 e. The van der Waals surface area contributed by atoms with E-state index >= 15 is 0 Å². The van der Waals surface area contributed by atoms with Gasteiger partial charge in [-0.05, 0) is 61.7 Å². The van der Waals surface area contributed by atoms with E-state index < -0.39 is 0 Å². The first-order valence-electron chi connectivity index (χ1n) is 7.07. The van der Waals surface area contributed by atoms with Crippen molar-refractivity contribution in [3.8, 4) is 11.5 Å². The fourth-order valence-corrected chi connectivity index (χ4v) is 2.25. The summed E-state index contributed by atoms with van der Waals surface area (Å²) in [5.41, 5.74) is 1.78. The summed E-state index contributed by atoms with van der Waals surface area (Å²) in [7, 11) is 0. The van der Waals surface area contributed by atoms with Gasteiger partial charge in [-0.3, -0.25) is 0 Å². The van der Waals surface area contributed by atoms with Gasteiger partial charge in [-0.15, -0.1) is 0 Å². The number of aryl methyl sites for hydroxylation is 1. The lowest BCUT2D eigenvalue weighted by molar-refractivity contribution is 0.469. The van der Waals surface area contributed by atoms with Gasteiger partial charge in [0, 0.05) is 23.2 Å². The van der Waals surface area contributed by atoms with Crippen LogP contribution in [0, 0.1) is 12.7 Å². The highest BCUT2D eigenvalue weighted by Gasteiger charge is 2.20. The maximum atomic E-state index is 13.4. The number of nitrogens with one attached hydrogen (secondary N) is 1. The van der Waals surface area contributed by atoms with E-state index in [2.05, 4.69) is 5.32 Å². The van der Waals surface area contributed by atoms with Gasteiger partial charge in [0.15, 0.2) is 0 Å². The third-order valence-corrected chi connectivity index (χ3v) is 3.96. The lowest BCUT2D eigenvalue weighted by Gasteiger charge is -2.13. The zero-order valence-electron chi connectivity index (χ0n) is 11.8. The molecule has 0 aromatic heterocycles. The molecule has 1 fully saturated rings. The second-order valence-electron chi connectivity index (χ2n) is 5.42. The van der Waals surface area contributed by atoms with Gasteiger partial charge in [0.2, 0.25) is 0 Å². The van der Waals surface area contributed by atoms with E-state index in [9.17, 15) is 4.39 Å². The summed E-state index contributed by atoms with van der Waals surface area (Å²) < 4.78 is 19.3. The van der Waals surface area contributed by atoms with Crippen molar-refractivity contribution in [3.63, 3.8) is 0 Å². The minimum atomic E-state index is -0.248. The van der Waals surface area contributed by atoms with E-state index in [4.69, 9.17) is 16.3 Å². The van der Waals surface area contributed by atoms with Crippen LogP contribution in [0.5, 0.6) is 11.5 Å². The van der Waals surface area contributed by atoms with Crippen molar-refractivity contribution in [2.45, 2.75) is 32.4 Å². The summed E-state index contributed by atoms with van der Waals surface area (Å²) in [6.45, 7) is 2.54. The van der Waals surface area contributed by atoms with Crippen LogP contribution in [0.1, 0.15) is 24.0 Å². The van der Waals surface area contributed by atoms with Crippen LogP contribution in [0.4, 0.5) is 4.39 Å². The molecule has 0 bridgehead atoms. The predicted molar refractivity (Wildman–Crippen MR) is 82.5 cm³/mol. The first kappa shape index (κ1) is 14.4. The molecule has 1 aliphatic rings. The van der Waals surface area contributed by atoms with Crippen LogP contribution in [-0.4, -0.2) is 6.04 Å². The summed E-state index contributed by atoms with van der Waals surface area (Å²) >= 11 is 6.01. The summed E-state index contributed by atoms with van der Waals surface area (Å²) in [4.78, 5) is 0. The minimum Gasteiger partial charge on any atom is -0.457 e. The first-order chi connectivity index (χ1) is 10.1. The molecule has 2 aromatic carbocycles. The number of rotatable bonds is 5. The normalized spacial score (nSPS) is 14.2. The Morgan fingerprint density at radius 3 is 2.76 bits per heavy atom. The van der Waals surface area contributed by atoms with Crippen molar-refractivity contribution >= 4 is 11.6 Å². The fraction of sp³-hybridized carbons (Fsp3) is 0.294. The summed E-state index contributed by atoms with van der Waals surface area (Å²) in [6, 6.07) is 10.7. The van der Waals surface area contributed by atoms with Crippen LogP contribution >= 0.6 is 11.6 Å². The Hall–Kier alpha value is -1.58. The fourth-order valence-electron chi connectivity index (χ4n) is 2.14. The number of benzene rings is 2. The Morgan fingerprint density at radius 1 is 1.24 bits per heavy atom. The highest BCUT2D eigenvalue weighted by atomic mass is 35.5. The van der Waals surface area contributed by atoms with E-state index in [0.717, 1.165) is 11.1 Å². The Kier molecular flexibility index (Phi) is 4.13. The third-order valence-electron chi connectivity index (χ3n) is 3.54. The molecule has 0 atom stereocenters. The van der Waals surface area contributed by atoms with Crippen molar-refractivity contribution < 1.29 is 9.13 Å². The molecule has 110 valence electrons. The van der Waals surface area contributed by atoms with Gasteiger partial charge in [-0.25, -0.2) is 4.39 Å². The largest absolute Gasteiger partial charge is 0.457 e. The Balaban J connectivity index is 1.80. The van der Waals surface area contributed by atoms with Crippen molar-refractivity contribution in [1.82, 2.24) is 5.32 Å². The van der Waals surface area contributed by atoms with E-state index in [-0.39, 0.29) is 5.82 Å². The van der Waals surface area contributed by atoms with Crippen LogP contribution in [0.15, 0.2) is 36.4 Å². The van der Waals surface area contributed by atoms with Crippen LogP contribution in [0.25, 0.3) is 0 Å². The van der Waals surface area contributed by atoms with Gasteiger partial charge in [0.05, 0.1) is 0 Å². The van der Waals surface area contributed by atoms with E-state index in [0.29, 0.717) is 29.1 Å². The van der Waals surface area contributed by atoms with Crippen molar-refractivity contribution in [2.75, 3.05) is 0 Å². The molecule has 2 nitrogen and oxygen atoms in total. The first-order valence-corrected chi connectivity index (χ1v) is 7.45. The van der Waals surface area contributed by atoms with Gasteiger partial charge in [0.1, 0.15) is 17.3 Å². The molecule has 0 aliphatic heterocycles. The van der Waals surface area contributed by atoms with Crippen LogP contribution < -0.4 is 10.1 Å². The van der Waals surface area contributed by atoms with Gasteiger partial charge >= 0.3 is 0 Å². The van der Waals surface area contributed by atoms with E-state index in [1.54, 1.807) is 12.1 Å². The molecule has 4 heteroatoms. The molecule has 0 unspecified atom stereocenters. The van der Waals surface area contributed by atoms with Crippen LogP contribution in [0.2, 0.25) is 5.02 Å². The SMILES string of the molecule is Cc1cc(Oc2ccc(F)cc2CNC2CC2)ccc1Cl. The Labute approximate surface area is 128 Å². The molecule has 0 radical (unpaired) electrons. The minimum absolute atomic E-state index is 0.248. The molecule has 1 N–H and O–H groups in total. The Bertz CT molecular complexity index is 655. The van der Waals surface area contributed by atoms with Gasteiger partial charge < -0.3 is 10.1 Å². The number of hydrogen-bond acceptors (Lipinski definition) is 2. The zero-order valence-corrected chi connectivity index (χ0v) is 12.6.